The highest BCUT2D eigenvalue weighted by Gasteiger charge is 2.20. The SMILES string of the molecule is CC(C)C(=O)C(C)CN1CCOCC1. The molecule has 1 aliphatic rings. The van der Waals surface area contributed by atoms with Crippen molar-refractivity contribution < 1.29 is 9.53 Å². The van der Waals surface area contributed by atoms with Crippen molar-refractivity contribution in [3.05, 3.63) is 0 Å². The summed E-state index contributed by atoms with van der Waals surface area (Å²) in [5.74, 6) is 0.690. The molecule has 0 bridgehead atoms. The number of nitrogens with zero attached hydrogens (tertiary/aromatic N) is 1. The summed E-state index contributed by atoms with van der Waals surface area (Å²) in [7, 11) is 0. The summed E-state index contributed by atoms with van der Waals surface area (Å²) in [6, 6.07) is 0. The van der Waals surface area contributed by atoms with E-state index in [2.05, 4.69) is 4.90 Å². The number of ether oxygens (including phenoxy) is 1. The maximum Gasteiger partial charge on any atom is 0.139 e. The van der Waals surface area contributed by atoms with Crippen molar-refractivity contribution >= 4 is 5.78 Å². The van der Waals surface area contributed by atoms with Crippen LogP contribution in [-0.4, -0.2) is 43.5 Å². The smallest absolute Gasteiger partial charge is 0.139 e. The minimum absolute atomic E-state index is 0.158. The minimum Gasteiger partial charge on any atom is -0.379 e. The lowest BCUT2D eigenvalue weighted by Gasteiger charge is -2.29. The normalized spacial score (nSPS) is 21.1. The standard InChI is InChI=1S/C11H21NO2/c1-9(2)11(13)10(3)8-12-4-6-14-7-5-12/h9-10H,4-8H2,1-3H3. The molecule has 3 heteroatoms. The van der Waals surface area contributed by atoms with Crippen LogP contribution in [0.15, 0.2) is 0 Å². The first-order chi connectivity index (χ1) is 6.61. The van der Waals surface area contributed by atoms with Crippen molar-refractivity contribution in [1.29, 1.82) is 0 Å². The van der Waals surface area contributed by atoms with Crippen LogP contribution in [0.2, 0.25) is 0 Å². The summed E-state index contributed by atoms with van der Waals surface area (Å²) >= 11 is 0. The molecule has 0 aromatic heterocycles. The first-order valence-electron chi connectivity index (χ1n) is 5.45. The summed E-state index contributed by atoms with van der Waals surface area (Å²) < 4.78 is 5.26. The molecule has 1 saturated heterocycles. The Kier molecular flexibility index (Phi) is 4.55. The Morgan fingerprint density at radius 1 is 1.29 bits per heavy atom. The van der Waals surface area contributed by atoms with Gasteiger partial charge in [0.2, 0.25) is 0 Å². The van der Waals surface area contributed by atoms with Crippen LogP contribution in [0, 0.1) is 11.8 Å². The average Bonchev–Trinajstić information content (AvgIpc) is 2.18. The number of carbonyl (C=O) groups excluding carboxylic acids is 1. The summed E-state index contributed by atoms with van der Waals surface area (Å²) in [6.07, 6.45) is 0. The predicted molar refractivity (Wildman–Crippen MR) is 56.3 cm³/mol. The highest BCUT2D eigenvalue weighted by Crippen LogP contribution is 2.09. The zero-order valence-corrected chi connectivity index (χ0v) is 9.45. The van der Waals surface area contributed by atoms with E-state index < -0.39 is 0 Å². The Balaban J connectivity index is 2.31. The Morgan fingerprint density at radius 2 is 1.86 bits per heavy atom. The first-order valence-corrected chi connectivity index (χ1v) is 5.45. The predicted octanol–water partition coefficient (Wildman–Crippen LogP) is 1.18. The van der Waals surface area contributed by atoms with E-state index in [1.807, 2.05) is 20.8 Å². The molecule has 0 aliphatic carbocycles. The van der Waals surface area contributed by atoms with Crippen LogP contribution in [0.4, 0.5) is 0 Å². The summed E-state index contributed by atoms with van der Waals surface area (Å²) in [5.41, 5.74) is 0. The largest absolute Gasteiger partial charge is 0.379 e. The second-order valence-corrected chi connectivity index (χ2v) is 4.37. The summed E-state index contributed by atoms with van der Waals surface area (Å²) in [5, 5.41) is 0. The van der Waals surface area contributed by atoms with E-state index in [9.17, 15) is 4.79 Å². The van der Waals surface area contributed by atoms with Crippen LogP contribution in [0.25, 0.3) is 0 Å². The Labute approximate surface area is 86.4 Å². The first kappa shape index (κ1) is 11.7. The van der Waals surface area contributed by atoms with Gasteiger partial charge in [-0.3, -0.25) is 9.69 Å². The molecule has 0 N–H and O–H groups in total. The fraction of sp³-hybridized carbons (Fsp3) is 0.909. The van der Waals surface area contributed by atoms with Gasteiger partial charge in [-0.05, 0) is 0 Å². The number of hydrogen-bond donors (Lipinski definition) is 0. The zero-order chi connectivity index (χ0) is 10.6. The quantitative estimate of drug-likeness (QED) is 0.681. The van der Waals surface area contributed by atoms with Gasteiger partial charge < -0.3 is 4.74 Å². The molecule has 82 valence electrons. The summed E-state index contributed by atoms with van der Waals surface area (Å²) in [6.45, 7) is 10.4. The molecule has 1 unspecified atom stereocenters. The molecule has 1 heterocycles. The van der Waals surface area contributed by atoms with E-state index in [1.54, 1.807) is 0 Å². The molecule has 14 heavy (non-hydrogen) atoms. The number of morpholine rings is 1. The van der Waals surface area contributed by atoms with Gasteiger partial charge in [0.25, 0.3) is 0 Å². The van der Waals surface area contributed by atoms with Crippen LogP contribution in [0.1, 0.15) is 20.8 Å². The van der Waals surface area contributed by atoms with Crippen molar-refractivity contribution in [2.24, 2.45) is 11.8 Å². The molecular formula is C11H21NO2. The third kappa shape index (κ3) is 3.39. The van der Waals surface area contributed by atoms with Gasteiger partial charge in [-0.15, -0.1) is 0 Å². The average molecular weight is 199 g/mol. The van der Waals surface area contributed by atoms with Crippen LogP contribution in [-0.2, 0) is 9.53 Å². The third-order valence-corrected chi connectivity index (χ3v) is 2.69. The molecule has 3 nitrogen and oxygen atoms in total. The van der Waals surface area contributed by atoms with Crippen molar-refractivity contribution in [2.75, 3.05) is 32.8 Å². The fourth-order valence-electron chi connectivity index (χ4n) is 1.83. The molecule has 0 spiro atoms. The molecule has 0 amide bonds. The van der Waals surface area contributed by atoms with Crippen LogP contribution >= 0.6 is 0 Å². The van der Waals surface area contributed by atoms with Gasteiger partial charge in [0.15, 0.2) is 0 Å². The number of ketones is 1. The van der Waals surface area contributed by atoms with Gasteiger partial charge >= 0.3 is 0 Å². The number of carbonyl (C=O) groups is 1. The van der Waals surface area contributed by atoms with Gasteiger partial charge in [-0.25, -0.2) is 0 Å². The van der Waals surface area contributed by atoms with Crippen molar-refractivity contribution in [3.63, 3.8) is 0 Å². The van der Waals surface area contributed by atoms with E-state index in [0.29, 0.717) is 5.78 Å². The Morgan fingerprint density at radius 3 is 2.36 bits per heavy atom. The van der Waals surface area contributed by atoms with Crippen molar-refractivity contribution in [1.82, 2.24) is 4.90 Å². The molecule has 1 rings (SSSR count). The minimum atomic E-state index is 0.158. The zero-order valence-electron chi connectivity index (χ0n) is 9.45. The van der Waals surface area contributed by atoms with Gasteiger partial charge in [0.1, 0.15) is 5.78 Å². The van der Waals surface area contributed by atoms with Crippen molar-refractivity contribution in [2.45, 2.75) is 20.8 Å². The van der Waals surface area contributed by atoms with E-state index in [-0.39, 0.29) is 11.8 Å². The molecule has 0 aromatic rings. The van der Waals surface area contributed by atoms with Crippen LogP contribution in [0.3, 0.4) is 0 Å². The Hall–Kier alpha value is -0.410. The monoisotopic (exact) mass is 199 g/mol. The van der Waals surface area contributed by atoms with Gasteiger partial charge in [-0.2, -0.15) is 0 Å². The van der Waals surface area contributed by atoms with Gasteiger partial charge in [0, 0.05) is 31.5 Å². The molecule has 1 aliphatic heterocycles. The lowest BCUT2D eigenvalue weighted by atomic mass is 9.96. The number of rotatable bonds is 4. The van der Waals surface area contributed by atoms with Gasteiger partial charge in [0.05, 0.1) is 13.2 Å². The van der Waals surface area contributed by atoms with Crippen LogP contribution < -0.4 is 0 Å². The van der Waals surface area contributed by atoms with Crippen molar-refractivity contribution in [3.8, 4) is 0 Å². The highest BCUT2D eigenvalue weighted by molar-refractivity contribution is 5.82. The van der Waals surface area contributed by atoms with E-state index >= 15 is 0 Å². The molecule has 0 aromatic carbocycles. The second kappa shape index (κ2) is 5.47. The Bertz CT molecular complexity index is 186. The molecule has 1 fully saturated rings. The van der Waals surface area contributed by atoms with Gasteiger partial charge in [-0.1, -0.05) is 20.8 Å². The summed E-state index contributed by atoms with van der Waals surface area (Å²) in [4.78, 5) is 14.0. The lowest BCUT2D eigenvalue weighted by Crippen LogP contribution is -2.40. The second-order valence-electron chi connectivity index (χ2n) is 4.37. The van der Waals surface area contributed by atoms with E-state index in [0.717, 1.165) is 32.8 Å². The molecular weight excluding hydrogens is 178 g/mol. The molecule has 0 radical (unpaired) electrons. The van der Waals surface area contributed by atoms with E-state index in [4.69, 9.17) is 4.74 Å². The maximum absolute atomic E-state index is 11.7. The maximum atomic E-state index is 11.7. The third-order valence-electron chi connectivity index (χ3n) is 2.69. The number of hydrogen-bond acceptors (Lipinski definition) is 3. The molecule has 0 saturated carbocycles. The van der Waals surface area contributed by atoms with E-state index in [1.165, 1.54) is 0 Å². The molecule has 1 atom stereocenters. The lowest BCUT2D eigenvalue weighted by molar-refractivity contribution is -0.126. The van der Waals surface area contributed by atoms with Crippen LogP contribution in [0.5, 0.6) is 0 Å². The fourth-order valence-corrected chi connectivity index (χ4v) is 1.83. The number of Topliss-reactive ketones (excluding diaryl/α,β-unsaturated/α-hetero) is 1. The highest BCUT2D eigenvalue weighted by atomic mass is 16.5. The topological polar surface area (TPSA) is 29.5 Å².